The van der Waals surface area contributed by atoms with E-state index in [9.17, 15) is 4.21 Å². The van der Waals surface area contributed by atoms with Gasteiger partial charge in [0.15, 0.2) is 0 Å². The largest absolute Gasteiger partial charge is 0.248 e. The lowest BCUT2D eigenvalue weighted by atomic mass is 10.2. The summed E-state index contributed by atoms with van der Waals surface area (Å²) in [6.45, 7) is 3.92. The van der Waals surface area contributed by atoms with Crippen LogP contribution in [0, 0.1) is 13.8 Å². The molecule has 0 heterocycles. The Morgan fingerprint density at radius 3 is 2.00 bits per heavy atom. The van der Waals surface area contributed by atoms with Crippen LogP contribution in [0.1, 0.15) is 11.1 Å². The highest BCUT2D eigenvalue weighted by molar-refractivity contribution is 7.82. The second-order valence-corrected chi connectivity index (χ2v) is 3.69. The molecule has 3 heteroatoms. The molecule has 1 atom stereocenters. The van der Waals surface area contributed by atoms with Crippen LogP contribution in [-0.4, -0.2) is 4.21 Å². The first kappa shape index (κ1) is 8.43. The van der Waals surface area contributed by atoms with Gasteiger partial charge in [0.1, 0.15) is 11.0 Å². The monoisotopic (exact) mass is 169 g/mol. The van der Waals surface area contributed by atoms with E-state index in [1.807, 2.05) is 32.0 Å². The highest BCUT2D eigenvalue weighted by atomic mass is 32.2. The topological polar surface area (TPSA) is 43.1 Å². The molecule has 0 saturated carbocycles. The van der Waals surface area contributed by atoms with Gasteiger partial charge in [-0.1, -0.05) is 6.07 Å². The van der Waals surface area contributed by atoms with E-state index in [-0.39, 0.29) is 0 Å². The average Bonchev–Trinajstić information content (AvgIpc) is 1.85. The maximum absolute atomic E-state index is 10.8. The molecule has 0 saturated heterocycles. The predicted molar refractivity (Wildman–Crippen MR) is 46.5 cm³/mol. The van der Waals surface area contributed by atoms with E-state index in [1.54, 1.807) is 0 Å². The van der Waals surface area contributed by atoms with Crippen molar-refractivity contribution in [3.63, 3.8) is 0 Å². The number of hydrogen-bond donors (Lipinski definition) is 1. The van der Waals surface area contributed by atoms with Crippen LogP contribution in [0.25, 0.3) is 0 Å². The molecule has 0 aliphatic carbocycles. The zero-order chi connectivity index (χ0) is 8.43. The van der Waals surface area contributed by atoms with Crippen molar-refractivity contribution in [1.29, 1.82) is 0 Å². The van der Waals surface area contributed by atoms with Gasteiger partial charge in [-0.3, -0.25) is 0 Å². The summed E-state index contributed by atoms with van der Waals surface area (Å²) in [5.74, 6) is 0. The van der Waals surface area contributed by atoms with Crippen molar-refractivity contribution >= 4 is 11.0 Å². The first-order valence-electron chi connectivity index (χ1n) is 3.34. The van der Waals surface area contributed by atoms with Gasteiger partial charge in [-0.05, 0) is 37.1 Å². The summed E-state index contributed by atoms with van der Waals surface area (Å²) >= 11 is 0. The molecule has 1 rings (SSSR count). The van der Waals surface area contributed by atoms with Crippen molar-refractivity contribution < 1.29 is 4.21 Å². The minimum Gasteiger partial charge on any atom is -0.248 e. The molecule has 1 aromatic carbocycles. The number of aryl methyl sites for hydroxylation is 2. The lowest BCUT2D eigenvalue weighted by Gasteiger charge is -1.99. The Labute approximate surface area is 69.0 Å². The quantitative estimate of drug-likeness (QED) is 0.676. The molecular weight excluding hydrogens is 158 g/mol. The Morgan fingerprint density at radius 2 is 1.64 bits per heavy atom. The van der Waals surface area contributed by atoms with Crippen molar-refractivity contribution in [2.75, 3.05) is 0 Å². The van der Waals surface area contributed by atoms with Gasteiger partial charge in [-0.2, -0.15) is 0 Å². The van der Waals surface area contributed by atoms with Gasteiger partial charge in [0, 0.05) is 0 Å². The first-order chi connectivity index (χ1) is 5.09. The van der Waals surface area contributed by atoms with Gasteiger partial charge in [0.2, 0.25) is 0 Å². The Hall–Kier alpha value is -0.670. The smallest absolute Gasteiger partial charge is 0.122 e. The van der Waals surface area contributed by atoms with E-state index in [0.717, 1.165) is 11.1 Å². The Bertz CT molecular complexity index is 276. The van der Waals surface area contributed by atoms with Crippen LogP contribution in [0.15, 0.2) is 23.1 Å². The molecule has 0 radical (unpaired) electrons. The summed E-state index contributed by atoms with van der Waals surface area (Å²) in [6, 6.07) is 5.70. The van der Waals surface area contributed by atoms with Crippen LogP contribution in [0.5, 0.6) is 0 Å². The molecule has 0 spiro atoms. The Morgan fingerprint density at radius 1 is 1.18 bits per heavy atom. The third-order valence-electron chi connectivity index (χ3n) is 1.43. The van der Waals surface area contributed by atoms with Crippen LogP contribution < -0.4 is 5.14 Å². The van der Waals surface area contributed by atoms with Gasteiger partial charge < -0.3 is 0 Å². The summed E-state index contributed by atoms with van der Waals surface area (Å²) in [4.78, 5) is 0.697. The molecular formula is C8H11NOS. The van der Waals surface area contributed by atoms with Gasteiger partial charge in [-0.15, -0.1) is 0 Å². The normalized spacial score (nSPS) is 13.0. The van der Waals surface area contributed by atoms with Crippen molar-refractivity contribution in [3.8, 4) is 0 Å². The molecule has 1 aromatic rings. The van der Waals surface area contributed by atoms with Crippen molar-refractivity contribution in [1.82, 2.24) is 0 Å². The Kier molecular flexibility index (Phi) is 2.42. The van der Waals surface area contributed by atoms with Gasteiger partial charge >= 0.3 is 0 Å². The van der Waals surface area contributed by atoms with Gasteiger partial charge in [-0.25, -0.2) is 9.35 Å². The minimum atomic E-state index is -1.35. The summed E-state index contributed by atoms with van der Waals surface area (Å²) in [5, 5.41) is 5.22. The fourth-order valence-electron chi connectivity index (χ4n) is 1.05. The number of benzene rings is 1. The zero-order valence-corrected chi connectivity index (χ0v) is 7.44. The van der Waals surface area contributed by atoms with Crippen molar-refractivity contribution in [2.45, 2.75) is 18.7 Å². The third kappa shape index (κ3) is 2.13. The van der Waals surface area contributed by atoms with E-state index < -0.39 is 11.0 Å². The van der Waals surface area contributed by atoms with Crippen LogP contribution >= 0.6 is 0 Å². The zero-order valence-electron chi connectivity index (χ0n) is 6.63. The number of rotatable bonds is 1. The maximum Gasteiger partial charge on any atom is 0.122 e. The van der Waals surface area contributed by atoms with E-state index in [0.29, 0.717) is 4.90 Å². The average molecular weight is 169 g/mol. The van der Waals surface area contributed by atoms with Crippen molar-refractivity contribution in [3.05, 3.63) is 29.3 Å². The van der Waals surface area contributed by atoms with Crippen LogP contribution in [0.2, 0.25) is 0 Å². The fourth-order valence-corrected chi connectivity index (χ4v) is 1.65. The molecule has 0 aliphatic heterocycles. The fraction of sp³-hybridized carbons (Fsp3) is 0.250. The molecule has 2 N–H and O–H groups in total. The molecule has 0 fully saturated rings. The SMILES string of the molecule is Cc1cc(C)cc(S(N)=O)c1. The molecule has 1 unspecified atom stereocenters. The summed E-state index contributed by atoms with van der Waals surface area (Å²) in [7, 11) is -1.35. The van der Waals surface area contributed by atoms with Gasteiger partial charge in [0.05, 0.1) is 4.90 Å². The highest BCUT2D eigenvalue weighted by Crippen LogP contribution is 2.10. The van der Waals surface area contributed by atoms with Crippen LogP contribution in [0.3, 0.4) is 0 Å². The van der Waals surface area contributed by atoms with E-state index >= 15 is 0 Å². The molecule has 0 aliphatic rings. The van der Waals surface area contributed by atoms with Crippen LogP contribution in [0.4, 0.5) is 0 Å². The lowest BCUT2D eigenvalue weighted by Crippen LogP contribution is -2.02. The molecule has 11 heavy (non-hydrogen) atoms. The minimum absolute atomic E-state index is 0.697. The predicted octanol–water partition coefficient (Wildman–Crippen LogP) is 1.28. The summed E-state index contributed by atoms with van der Waals surface area (Å²) < 4.78 is 10.8. The highest BCUT2D eigenvalue weighted by Gasteiger charge is 1.98. The molecule has 0 amide bonds. The summed E-state index contributed by atoms with van der Waals surface area (Å²) in [5.41, 5.74) is 2.19. The van der Waals surface area contributed by atoms with Gasteiger partial charge in [0.25, 0.3) is 0 Å². The van der Waals surface area contributed by atoms with E-state index in [1.165, 1.54) is 0 Å². The maximum atomic E-state index is 10.8. The van der Waals surface area contributed by atoms with Crippen LogP contribution in [-0.2, 0) is 11.0 Å². The molecule has 60 valence electrons. The van der Waals surface area contributed by atoms with E-state index in [4.69, 9.17) is 5.14 Å². The first-order valence-corrected chi connectivity index (χ1v) is 4.55. The second kappa shape index (κ2) is 3.15. The van der Waals surface area contributed by atoms with Crippen molar-refractivity contribution in [2.24, 2.45) is 5.14 Å². The molecule has 2 nitrogen and oxygen atoms in total. The summed E-state index contributed by atoms with van der Waals surface area (Å²) in [6.07, 6.45) is 0. The lowest BCUT2D eigenvalue weighted by molar-refractivity contribution is 0.684. The van der Waals surface area contributed by atoms with E-state index in [2.05, 4.69) is 0 Å². The Balaban J connectivity index is 3.19. The number of nitrogens with two attached hydrogens (primary N) is 1. The third-order valence-corrected chi connectivity index (χ3v) is 2.13. The number of hydrogen-bond acceptors (Lipinski definition) is 1. The molecule has 0 bridgehead atoms. The standard InChI is InChI=1S/C8H11NOS/c1-6-3-7(2)5-8(4-6)11(9)10/h3-5H,9H2,1-2H3. The molecule has 0 aromatic heterocycles. The second-order valence-electron chi connectivity index (χ2n) is 2.62.